The van der Waals surface area contributed by atoms with Crippen LogP contribution in [-0.4, -0.2) is 96.7 Å². The van der Waals surface area contributed by atoms with E-state index >= 15 is 0 Å². The Balaban J connectivity index is 5.25. The summed E-state index contributed by atoms with van der Waals surface area (Å²) in [4.78, 5) is 72.6. The van der Waals surface area contributed by atoms with Gasteiger partial charge in [-0.25, -0.2) is 9.13 Å². The van der Waals surface area contributed by atoms with Crippen LogP contribution in [0.15, 0.2) is 0 Å². The zero-order chi connectivity index (χ0) is 66.5. The van der Waals surface area contributed by atoms with Crippen molar-refractivity contribution in [2.24, 2.45) is 11.8 Å². The quantitative estimate of drug-likeness (QED) is 0.0222. The number of carbonyl (C=O) groups excluding carboxylic acids is 4. The Kier molecular flexibility index (Phi) is 61.8. The first-order valence-electron chi connectivity index (χ1n) is 37.0. The van der Waals surface area contributed by atoms with E-state index in [0.29, 0.717) is 25.7 Å². The summed E-state index contributed by atoms with van der Waals surface area (Å²) in [6.45, 7) is 9.48. The van der Waals surface area contributed by atoms with E-state index in [2.05, 4.69) is 41.5 Å². The van der Waals surface area contributed by atoms with Crippen molar-refractivity contribution in [2.75, 3.05) is 39.6 Å². The topological polar surface area (TPSA) is 237 Å². The molecule has 90 heavy (non-hydrogen) atoms. The van der Waals surface area contributed by atoms with E-state index in [0.717, 1.165) is 108 Å². The van der Waals surface area contributed by atoms with Crippen molar-refractivity contribution in [2.45, 2.75) is 381 Å². The summed E-state index contributed by atoms with van der Waals surface area (Å²) in [5, 5.41) is 10.6. The molecule has 6 atom stereocenters. The van der Waals surface area contributed by atoms with Crippen LogP contribution in [0.5, 0.6) is 0 Å². The molecule has 3 N–H and O–H groups in total. The second-order valence-electron chi connectivity index (χ2n) is 26.3. The van der Waals surface area contributed by atoms with Crippen LogP contribution in [0.1, 0.15) is 363 Å². The highest BCUT2D eigenvalue weighted by molar-refractivity contribution is 7.47. The SMILES string of the molecule is CCCCCCCCCCCCCCCCCCC(=O)O[C@H](COC(=O)CCCCCCCCCCCCCCC)COP(=O)(O)OC[C@@H](O)COP(=O)(O)OC[C@@H](COC(=O)CCCCCCCCC(C)CC)OC(=O)CCCCCCCCCCC(C)C. The molecule has 3 unspecified atom stereocenters. The van der Waals surface area contributed by atoms with Crippen molar-refractivity contribution in [3.05, 3.63) is 0 Å². The van der Waals surface area contributed by atoms with Crippen LogP contribution in [-0.2, 0) is 65.4 Å². The maximum atomic E-state index is 13.0. The van der Waals surface area contributed by atoms with Gasteiger partial charge in [0, 0.05) is 25.7 Å². The molecule has 0 aromatic carbocycles. The Labute approximate surface area is 549 Å². The number of carbonyl (C=O) groups is 4. The smallest absolute Gasteiger partial charge is 0.462 e. The predicted molar refractivity (Wildman–Crippen MR) is 363 cm³/mol. The fourth-order valence-electron chi connectivity index (χ4n) is 10.7. The lowest BCUT2D eigenvalue weighted by atomic mass is 10.00. The lowest BCUT2D eigenvalue weighted by Crippen LogP contribution is -2.30. The van der Waals surface area contributed by atoms with E-state index in [4.69, 9.17) is 37.0 Å². The molecule has 0 aliphatic carbocycles. The van der Waals surface area contributed by atoms with Crippen LogP contribution in [0, 0.1) is 11.8 Å². The number of phosphoric ester groups is 2. The van der Waals surface area contributed by atoms with Crippen molar-refractivity contribution < 1.29 is 80.2 Å². The standard InChI is InChI=1S/C71H138O17P2/c1-7-10-12-14-16-18-20-22-23-24-26-28-30-35-43-49-55-70(75)87-66(59-81-68(73)53-47-41-34-29-27-25-21-19-17-15-13-11-8-2)61-85-89(77,78)83-57-65(72)58-84-90(79,80)86-62-67(60-82-69(74)54-48-42-38-37-40-46-52-64(6)9-3)88-71(76)56-50-44-36-32-31-33-39-45-51-63(4)5/h63-67,72H,7-62H2,1-6H3,(H,77,78)(H,79,80)/t64?,65-,66-,67-/m1/s1. The Morgan fingerprint density at radius 3 is 0.844 bits per heavy atom. The minimum Gasteiger partial charge on any atom is -0.462 e. The predicted octanol–water partition coefficient (Wildman–Crippen LogP) is 20.4. The van der Waals surface area contributed by atoms with Gasteiger partial charge in [0.15, 0.2) is 12.2 Å². The molecule has 0 heterocycles. The average molecular weight is 1330 g/mol. The van der Waals surface area contributed by atoms with E-state index in [9.17, 15) is 43.2 Å². The molecule has 0 aliphatic heterocycles. The van der Waals surface area contributed by atoms with Crippen LogP contribution in [0.3, 0.4) is 0 Å². The van der Waals surface area contributed by atoms with E-state index in [1.165, 1.54) is 173 Å². The zero-order valence-electron chi connectivity index (χ0n) is 58.4. The molecule has 0 amide bonds. The van der Waals surface area contributed by atoms with E-state index in [1.807, 2.05) is 0 Å². The lowest BCUT2D eigenvalue weighted by Gasteiger charge is -2.21. The van der Waals surface area contributed by atoms with Crippen LogP contribution >= 0.6 is 15.6 Å². The van der Waals surface area contributed by atoms with Gasteiger partial charge in [-0.15, -0.1) is 0 Å². The molecule has 0 aliphatic rings. The van der Waals surface area contributed by atoms with Gasteiger partial charge in [0.05, 0.1) is 26.4 Å². The summed E-state index contributed by atoms with van der Waals surface area (Å²) in [5.41, 5.74) is 0. The molecule has 19 heteroatoms. The maximum absolute atomic E-state index is 13.0. The van der Waals surface area contributed by atoms with E-state index in [-0.39, 0.29) is 25.7 Å². The fourth-order valence-corrected chi connectivity index (χ4v) is 12.3. The van der Waals surface area contributed by atoms with Crippen LogP contribution in [0.2, 0.25) is 0 Å². The van der Waals surface area contributed by atoms with Gasteiger partial charge in [0.25, 0.3) is 0 Å². The van der Waals surface area contributed by atoms with Gasteiger partial charge < -0.3 is 33.8 Å². The maximum Gasteiger partial charge on any atom is 0.472 e. The number of aliphatic hydroxyl groups excluding tert-OH is 1. The van der Waals surface area contributed by atoms with Crippen molar-refractivity contribution in [3.8, 4) is 0 Å². The first-order chi connectivity index (χ1) is 43.4. The number of hydrogen-bond donors (Lipinski definition) is 3. The van der Waals surface area contributed by atoms with Gasteiger partial charge in [-0.1, -0.05) is 311 Å². The molecule has 0 aromatic rings. The molecule has 0 saturated carbocycles. The molecule has 0 fully saturated rings. The van der Waals surface area contributed by atoms with Crippen molar-refractivity contribution in [1.82, 2.24) is 0 Å². The molecule has 0 aromatic heterocycles. The molecule has 17 nitrogen and oxygen atoms in total. The highest BCUT2D eigenvalue weighted by Gasteiger charge is 2.30. The molecule has 534 valence electrons. The third-order valence-corrected chi connectivity index (χ3v) is 18.7. The Bertz CT molecular complexity index is 1750. The first-order valence-corrected chi connectivity index (χ1v) is 40.0. The number of ether oxygens (including phenoxy) is 4. The molecule has 0 radical (unpaired) electrons. The minimum atomic E-state index is -4.95. The largest absolute Gasteiger partial charge is 0.472 e. The molecule has 0 bridgehead atoms. The Morgan fingerprint density at radius 1 is 0.322 bits per heavy atom. The van der Waals surface area contributed by atoms with Gasteiger partial charge in [0.2, 0.25) is 0 Å². The summed E-state index contributed by atoms with van der Waals surface area (Å²) in [5.74, 6) is -0.675. The summed E-state index contributed by atoms with van der Waals surface area (Å²) >= 11 is 0. The summed E-state index contributed by atoms with van der Waals surface area (Å²) in [7, 11) is -9.90. The third-order valence-electron chi connectivity index (χ3n) is 16.8. The Hall–Kier alpha value is -1.94. The Morgan fingerprint density at radius 2 is 0.567 bits per heavy atom. The number of aliphatic hydroxyl groups is 1. The van der Waals surface area contributed by atoms with Crippen LogP contribution in [0.25, 0.3) is 0 Å². The third kappa shape index (κ3) is 63.5. The van der Waals surface area contributed by atoms with Crippen molar-refractivity contribution in [3.63, 3.8) is 0 Å². The van der Waals surface area contributed by atoms with Gasteiger partial charge in [0.1, 0.15) is 19.3 Å². The van der Waals surface area contributed by atoms with Crippen LogP contribution < -0.4 is 0 Å². The van der Waals surface area contributed by atoms with E-state index < -0.39 is 97.5 Å². The second kappa shape index (κ2) is 63.1. The van der Waals surface area contributed by atoms with Gasteiger partial charge in [-0.05, 0) is 37.5 Å². The summed E-state index contributed by atoms with van der Waals surface area (Å²) in [6.07, 6.45) is 48.6. The van der Waals surface area contributed by atoms with Crippen molar-refractivity contribution >= 4 is 39.5 Å². The summed E-state index contributed by atoms with van der Waals surface area (Å²) in [6, 6.07) is 0. The zero-order valence-corrected chi connectivity index (χ0v) is 60.2. The lowest BCUT2D eigenvalue weighted by molar-refractivity contribution is -0.161. The summed E-state index contributed by atoms with van der Waals surface area (Å²) < 4.78 is 68.3. The monoisotopic (exact) mass is 1320 g/mol. The molecular weight excluding hydrogens is 1190 g/mol. The minimum absolute atomic E-state index is 0.104. The number of unbranched alkanes of at least 4 members (excludes halogenated alkanes) is 39. The molecule has 0 spiro atoms. The van der Waals surface area contributed by atoms with Crippen molar-refractivity contribution in [1.29, 1.82) is 0 Å². The number of rotatable bonds is 70. The second-order valence-corrected chi connectivity index (χ2v) is 29.3. The molecular formula is C71H138O17P2. The molecule has 0 rings (SSSR count). The fraction of sp³-hybridized carbons (Fsp3) is 0.944. The first kappa shape index (κ1) is 88.1. The average Bonchev–Trinajstić information content (AvgIpc) is 3.66. The number of phosphoric acid groups is 2. The molecule has 0 saturated heterocycles. The van der Waals surface area contributed by atoms with Gasteiger partial charge >= 0.3 is 39.5 Å². The normalized spacial score (nSPS) is 14.4. The van der Waals surface area contributed by atoms with E-state index in [1.54, 1.807) is 0 Å². The van der Waals surface area contributed by atoms with Gasteiger partial charge in [-0.2, -0.15) is 0 Å². The number of esters is 4. The highest BCUT2D eigenvalue weighted by atomic mass is 31.2. The highest BCUT2D eigenvalue weighted by Crippen LogP contribution is 2.45. The van der Waals surface area contributed by atoms with Crippen LogP contribution in [0.4, 0.5) is 0 Å². The number of hydrogen-bond acceptors (Lipinski definition) is 15. The van der Waals surface area contributed by atoms with Gasteiger partial charge in [-0.3, -0.25) is 37.3 Å².